The summed E-state index contributed by atoms with van der Waals surface area (Å²) in [4.78, 5) is 4.32. The highest BCUT2D eigenvalue weighted by Crippen LogP contribution is 2.35. The largest absolute Gasteiger partial charge is 0.305 e. The monoisotopic (exact) mass is 348 g/mol. The molecule has 106 valence electrons. The van der Waals surface area contributed by atoms with Gasteiger partial charge in [-0.05, 0) is 24.2 Å². The fourth-order valence-corrected chi connectivity index (χ4v) is 2.85. The van der Waals surface area contributed by atoms with Gasteiger partial charge in [0.25, 0.3) is 0 Å². The average molecular weight is 350 g/mol. The van der Waals surface area contributed by atoms with Crippen molar-refractivity contribution in [2.24, 2.45) is 0 Å². The maximum atomic E-state index is 6.29. The van der Waals surface area contributed by atoms with E-state index >= 15 is 0 Å². The molecule has 6 heteroatoms. The lowest BCUT2D eigenvalue weighted by molar-refractivity contribution is 0.616. The number of rotatable bonds is 4. The average Bonchev–Trinajstić information content (AvgIpc) is 2.40. The number of benzene rings is 1. The zero-order valence-electron chi connectivity index (χ0n) is 10.6. The Bertz CT molecular complexity index is 616. The number of nitrogens with one attached hydrogen (secondary N) is 1. The summed E-state index contributed by atoms with van der Waals surface area (Å²) in [5.41, 5.74) is 1.50. The number of hydrogen-bond acceptors (Lipinski definition) is 2. The van der Waals surface area contributed by atoms with E-state index in [9.17, 15) is 0 Å². The maximum Gasteiger partial charge on any atom is 0.0806 e. The minimum absolute atomic E-state index is 0.240. The molecule has 0 bridgehead atoms. The predicted octanol–water partition coefficient (Wildman–Crippen LogP) is 5.39. The van der Waals surface area contributed by atoms with E-state index in [4.69, 9.17) is 46.4 Å². The molecule has 0 aliphatic carbocycles. The third-order valence-corrected chi connectivity index (χ3v) is 4.15. The number of nitrogens with zero attached hydrogens (tertiary/aromatic N) is 1. The van der Waals surface area contributed by atoms with Gasteiger partial charge < -0.3 is 5.32 Å². The van der Waals surface area contributed by atoms with Crippen LogP contribution in [0.25, 0.3) is 0 Å². The second-order valence-corrected chi connectivity index (χ2v) is 5.78. The van der Waals surface area contributed by atoms with E-state index in [1.165, 1.54) is 0 Å². The van der Waals surface area contributed by atoms with Crippen LogP contribution in [0.5, 0.6) is 0 Å². The second-order valence-electron chi connectivity index (χ2n) is 4.15. The topological polar surface area (TPSA) is 24.9 Å². The van der Waals surface area contributed by atoms with E-state index < -0.39 is 0 Å². The van der Waals surface area contributed by atoms with E-state index in [-0.39, 0.29) is 6.04 Å². The molecule has 0 spiro atoms. The molecule has 0 aliphatic heterocycles. The highest BCUT2D eigenvalue weighted by molar-refractivity contribution is 6.42. The summed E-state index contributed by atoms with van der Waals surface area (Å²) in [7, 11) is 0. The summed E-state index contributed by atoms with van der Waals surface area (Å²) < 4.78 is 0. The van der Waals surface area contributed by atoms with Crippen molar-refractivity contribution < 1.29 is 0 Å². The highest BCUT2D eigenvalue weighted by Gasteiger charge is 2.21. The lowest BCUT2D eigenvalue weighted by atomic mass is 10.0. The van der Waals surface area contributed by atoms with Crippen molar-refractivity contribution in [2.45, 2.75) is 13.0 Å². The molecule has 0 radical (unpaired) electrons. The molecule has 1 heterocycles. The number of aromatic nitrogens is 1. The first-order chi connectivity index (χ1) is 9.54. The molecular formula is C14H12Cl4N2. The van der Waals surface area contributed by atoms with E-state index in [0.29, 0.717) is 25.8 Å². The highest BCUT2D eigenvalue weighted by atomic mass is 35.5. The Hall–Kier alpha value is -0.510. The number of hydrogen-bond donors (Lipinski definition) is 1. The first kappa shape index (κ1) is 15.9. The summed E-state index contributed by atoms with van der Waals surface area (Å²) in [6, 6.07) is 6.91. The zero-order chi connectivity index (χ0) is 14.7. The van der Waals surface area contributed by atoms with Crippen LogP contribution in [0.15, 0.2) is 30.5 Å². The van der Waals surface area contributed by atoms with Crippen LogP contribution in [-0.2, 0) is 0 Å². The molecule has 1 N–H and O–H groups in total. The Balaban J connectivity index is 2.53. The van der Waals surface area contributed by atoms with Crippen molar-refractivity contribution in [3.05, 3.63) is 61.8 Å². The summed E-state index contributed by atoms with van der Waals surface area (Å²) in [6.45, 7) is 2.73. The standard InChI is InChI=1S/C14H12Cl4N2/c1-2-19-13(9-4-3-5-10(16)12(9)18)14-11(17)6-8(15)7-20-14/h3-7,13,19H,2H2,1H3. The lowest BCUT2D eigenvalue weighted by Crippen LogP contribution is -2.23. The van der Waals surface area contributed by atoms with E-state index in [2.05, 4.69) is 10.3 Å². The van der Waals surface area contributed by atoms with Crippen LogP contribution in [-0.4, -0.2) is 11.5 Å². The summed E-state index contributed by atoms with van der Waals surface area (Å²) in [6.07, 6.45) is 1.56. The third kappa shape index (κ3) is 3.38. The first-order valence-corrected chi connectivity index (χ1v) is 7.54. The minimum atomic E-state index is -0.240. The normalized spacial score (nSPS) is 12.4. The molecule has 1 unspecified atom stereocenters. The third-order valence-electron chi connectivity index (χ3n) is 2.81. The Labute approximate surface area is 138 Å². The van der Waals surface area contributed by atoms with Crippen molar-refractivity contribution >= 4 is 46.4 Å². The van der Waals surface area contributed by atoms with Gasteiger partial charge in [-0.25, -0.2) is 0 Å². The molecule has 1 atom stereocenters. The van der Waals surface area contributed by atoms with Crippen molar-refractivity contribution in [2.75, 3.05) is 6.54 Å². The molecule has 2 nitrogen and oxygen atoms in total. The smallest absolute Gasteiger partial charge is 0.0806 e. The van der Waals surface area contributed by atoms with Gasteiger partial charge in [0.2, 0.25) is 0 Å². The van der Waals surface area contributed by atoms with Gasteiger partial charge in [0.15, 0.2) is 0 Å². The number of halogens is 4. The lowest BCUT2D eigenvalue weighted by Gasteiger charge is -2.20. The van der Waals surface area contributed by atoms with Crippen LogP contribution in [0.1, 0.15) is 24.2 Å². The number of pyridine rings is 1. The van der Waals surface area contributed by atoms with Gasteiger partial charge in [0.05, 0.1) is 31.8 Å². The van der Waals surface area contributed by atoms with Gasteiger partial charge >= 0.3 is 0 Å². The minimum Gasteiger partial charge on any atom is -0.305 e. The van der Waals surface area contributed by atoms with Crippen molar-refractivity contribution in [3.63, 3.8) is 0 Å². The van der Waals surface area contributed by atoms with Crippen LogP contribution in [0, 0.1) is 0 Å². The van der Waals surface area contributed by atoms with E-state index in [0.717, 1.165) is 12.1 Å². The first-order valence-electron chi connectivity index (χ1n) is 6.02. The molecule has 2 rings (SSSR count). The van der Waals surface area contributed by atoms with Gasteiger partial charge in [-0.2, -0.15) is 0 Å². The van der Waals surface area contributed by atoms with Gasteiger partial charge in [-0.3, -0.25) is 4.98 Å². The molecular weight excluding hydrogens is 338 g/mol. The van der Waals surface area contributed by atoms with Crippen LogP contribution in [0.2, 0.25) is 20.1 Å². The van der Waals surface area contributed by atoms with E-state index in [1.54, 1.807) is 18.3 Å². The molecule has 0 saturated carbocycles. The fourth-order valence-electron chi connectivity index (χ4n) is 1.94. The summed E-state index contributed by atoms with van der Waals surface area (Å²) in [5, 5.41) is 5.28. The molecule has 0 amide bonds. The Morgan fingerprint density at radius 2 is 1.90 bits per heavy atom. The van der Waals surface area contributed by atoms with Crippen molar-refractivity contribution in [1.29, 1.82) is 0 Å². The van der Waals surface area contributed by atoms with Gasteiger partial charge in [-0.15, -0.1) is 0 Å². The Morgan fingerprint density at radius 1 is 1.15 bits per heavy atom. The summed E-state index contributed by atoms with van der Waals surface area (Å²) in [5.74, 6) is 0. The maximum absolute atomic E-state index is 6.29. The van der Waals surface area contributed by atoms with Crippen LogP contribution < -0.4 is 5.32 Å². The summed E-state index contributed by atoms with van der Waals surface area (Å²) >= 11 is 24.5. The molecule has 0 fully saturated rings. The van der Waals surface area contributed by atoms with Gasteiger partial charge in [-0.1, -0.05) is 65.5 Å². The Kier molecular flexibility index (Phi) is 5.53. The molecule has 1 aromatic carbocycles. The van der Waals surface area contributed by atoms with Gasteiger partial charge in [0, 0.05) is 6.20 Å². The van der Waals surface area contributed by atoms with Gasteiger partial charge in [0.1, 0.15) is 0 Å². The van der Waals surface area contributed by atoms with Crippen molar-refractivity contribution in [3.8, 4) is 0 Å². The SMILES string of the molecule is CCNC(c1cccc(Cl)c1Cl)c1ncc(Cl)cc1Cl. The predicted molar refractivity (Wildman–Crippen MR) is 86.2 cm³/mol. The molecule has 20 heavy (non-hydrogen) atoms. The fraction of sp³-hybridized carbons (Fsp3) is 0.214. The molecule has 0 aliphatic rings. The van der Waals surface area contributed by atoms with Crippen LogP contribution in [0.4, 0.5) is 0 Å². The molecule has 0 saturated heterocycles. The van der Waals surface area contributed by atoms with E-state index in [1.807, 2.05) is 19.1 Å². The Morgan fingerprint density at radius 3 is 2.55 bits per heavy atom. The molecule has 2 aromatic rings. The van der Waals surface area contributed by atoms with Crippen LogP contribution in [0.3, 0.4) is 0 Å². The zero-order valence-corrected chi connectivity index (χ0v) is 13.7. The van der Waals surface area contributed by atoms with Crippen molar-refractivity contribution in [1.82, 2.24) is 10.3 Å². The molecule has 1 aromatic heterocycles. The van der Waals surface area contributed by atoms with Crippen LogP contribution >= 0.6 is 46.4 Å². The second kappa shape index (κ2) is 6.97. The quantitative estimate of drug-likeness (QED) is 0.799.